The maximum absolute atomic E-state index is 11.2. The van der Waals surface area contributed by atoms with Crippen molar-refractivity contribution in [2.24, 2.45) is 0 Å². The van der Waals surface area contributed by atoms with E-state index in [1.165, 1.54) is 16.1 Å². The molecule has 1 aromatic carbocycles. The number of hydrogen-bond acceptors (Lipinski definition) is 4. The van der Waals surface area contributed by atoms with Crippen LogP contribution >= 0.6 is 11.9 Å². The monoisotopic (exact) mass is 381 g/mol. The number of carbonyl (C=O) groups is 1. The Morgan fingerprint density at radius 2 is 2.19 bits per heavy atom. The van der Waals surface area contributed by atoms with Crippen LogP contribution in [0, 0.1) is 11.8 Å². The maximum atomic E-state index is 11.2. The molecule has 0 aromatic heterocycles. The van der Waals surface area contributed by atoms with Gasteiger partial charge < -0.3 is 9.84 Å². The minimum atomic E-state index is -0.930. The summed E-state index contributed by atoms with van der Waals surface area (Å²) in [5, 5.41) is 9.18. The molecule has 2 aliphatic rings. The third-order valence-electron chi connectivity index (χ3n) is 4.45. The molecule has 0 amide bonds. The van der Waals surface area contributed by atoms with Crippen molar-refractivity contribution >= 4 is 17.9 Å². The fourth-order valence-corrected chi connectivity index (χ4v) is 3.94. The zero-order valence-electron chi connectivity index (χ0n) is 15.3. The van der Waals surface area contributed by atoms with Gasteiger partial charge in [0.2, 0.25) is 0 Å². The highest BCUT2D eigenvalue weighted by Crippen LogP contribution is 2.34. The van der Waals surface area contributed by atoms with Crippen LogP contribution in [0.1, 0.15) is 30.9 Å². The number of carboxylic acids is 1. The Hall–Kier alpha value is -2.26. The predicted molar refractivity (Wildman–Crippen MR) is 109 cm³/mol. The Bertz CT molecular complexity index is 841. The molecule has 0 fully saturated rings. The molecule has 0 spiro atoms. The normalized spacial score (nSPS) is 16.9. The van der Waals surface area contributed by atoms with Gasteiger partial charge in [-0.15, -0.1) is 0 Å². The van der Waals surface area contributed by atoms with Crippen molar-refractivity contribution in [2.45, 2.75) is 32.3 Å². The molecule has 1 aliphatic heterocycles. The Balaban J connectivity index is 1.62. The lowest BCUT2D eigenvalue weighted by molar-refractivity contribution is -0.149. The lowest BCUT2D eigenvalue weighted by Gasteiger charge is -2.23. The highest BCUT2D eigenvalue weighted by atomic mass is 32.2. The van der Waals surface area contributed by atoms with Crippen molar-refractivity contribution in [3.63, 3.8) is 0 Å². The van der Waals surface area contributed by atoms with Gasteiger partial charge in [0.25, 0.3) is 0 Å². The highest BCUT2D eigenvalue weighted by Gasteiger charge is 2.18. The second kappa shape index (κ2) is 9.61. The van der Waals surface area contributed by atoms with Gasteiger partial charge >= 0.3 is 5.97 Å². The molecule has 0 bridgehead atoms. The quantitative estimate of drug-likeness (QED) is 0.579. The van der Waals surface area contributed by atoms with Crippen molar-refractivity contribution in [1.29, 1.82) is 0 Å². The van der Waals surface area contributed by atoms with Crippen molar-refractivity contribution < 1.29 is 14.6 Å². The predicted octanol–water partition coefficient (Wildman–Crippen LogP) is 3.85. The van der Waals surface area contributed by atoms with Gasteiger partial charge in [-0.1, -0.05) is 36.1 Å². The van der Waals surface area contributed by atoms with E-state index in [1.54, 1.807) is 18.9 Å². The van der Waals surface area contributed by atoms with E-state index in [2.05, 4.69) is 34.8 Å². The molecule has 0 saturated heterocycles. The minimum absolute atomic E-state index is 0.360. The molecule has 0 saturated carbocycles. The Kier molecular flexibility index (Phi) is 6.94. The standard InChI is InChI=1S/C22H23NO3S/c1-2-26-20(22(24)25)14-17-12-10-16(11-13-17)6-5-7-18-15-23-27-21-9-4-3-8-19(18)21/h3-4,9-13,20,23H,2,7-8,14-15H2,1H3,(H,24,25). The van der Waals surface area contributed by atoms with E-state index in [0.717, 1.165) is 30.5 Å². The summed E-state index contributed by atoms with van der Waals surface area (Å²) in [4.78, 5) is 12.5. The average Bonchev–Trinajstić information content (AvgIpc) is 2.69. The van der Waals surface area contributed by atoms with Crippen molar-refractivity contribution in [1.82, 2.24) is 4.72 Å². The van der Waals surface area contributed by atoms with Crippen LogP contribution in [-0.2, 0) is 16.0 Å². The lowest BCUT2D eigenvalue weighted by atomic mass is 9.98. The van der Waals surface area contributed by atoms with E-state index in [4.69, 9.17) is 4.74 Å². The molecule has 1 aliphatic carbocycles. The topological polar surface area (TPSA) is 58.6 Å². The molecule has 4 nitrogen and oxygen atoms in total. The minimum Gasteiger partial charge on any atom is -0.479 e. The summed E-state index contributed by atoms with van der Waals surface area (Å²) in [7, 11) is 0. The Morgan fingerprint density at radius 3 is 2.93 bits per heavy atom. The SMILES string of the molecule is CCOC(Cc1ccc(C#CCC2=C3CC=CC=C3SNC2)cc1)C(=O)O. The molecule has 2 N–H and O–H groups in total. The van der Waals surface area contributed by atoms with Crippen LogP contribution in [0.3, 0.4) is 0 Å². The number of aliphatic carboxylic acids is 1. The number of benzene rings is 1. The van der Waals surface area contributed by atoms with Gasteiger partial charge in [0, 0.05) is 36.5 Å². The van der Waals surface area contributed by atoms with E-state index in [-0.39, 0.29) is 0 Å². The number of carboxylic acid groups (broad SMARTS) is 1. The molecule has 1 aromatic rings. The first kappa shape index (κ1) is 19.5. The average molecular weight is 381 g/mol. The van der Waals surface area contributed by atoms with E-state index in [0.29, 0.717) is 13.0 Å². The summed E-state index contributed by atoms with van der Waals surface area (Å²) < 4.78 is 8.62. The van der Waals surface area contributed by atoms with Gasteiger partial charge in [-0.25, -0.2) is 4.79 Å². The van der Waals surface area contributed by atoms with Gasteiger partial charge in [0.05, 0.1) is 0 Å². The smallest absolute Gasteiger partial charge is 0.333 e. The first-order valence-electron chi connectivity index (χ1n) is 9.07. The third-order valence-corrected chi connectivity index (χ3v) is 5.34. The number of rotatable bonds is 6. The fourth-order valence-electron chi connectivity index (χ4n) is 3.04. The van der Waals surface area contributed by atoms with Crippen LogP contribution in [0.2, 0.25) is 0 Å². The maximum Gasteiger partial charge on any atom is 0.333 e. The highest BCUT2D eigenvalue weighted by molar-refractivity contribution is 8.01. The molecule has 1 atom stereocenters. The van der Waals surface area contributed by atoms with E-state index in [1.807, 2.05) is 24.3 Å². The number of hydrogen-bond donors (Lipinski definition) is 2. The second-order valence-corrected chi connectivity index (χ2v) is 7.26. The lowest BCUT2D eigenvalue weighted by Crippen LogP contribution is -2.26. The summed E-state index contributed by atoms with van der Waals surface area (Å²) in [6.07, 6.45) is 7.73. The molecule has 3 rings (SSSR count). The molecule has 0 radical (unpaired) electrons. The molecule has 27 heavy (non-hydrogen) atoms. The van der Waals surface area contributed by atoms with Crippen molar-refractivity contribution in [3.05, 3.63) is 69.7 Å². The van der Waals surface area contributed by atoms with Crippen LogP contribution in [0.5, 0.6) is 0 Å². The number of allylic oxidation sites excluding steroid dienone is 4. The van der Waals surface area contributed by atoms with Gasteiger partial charge in [-0.2, -0.15) is 0 Å². The molecular formula is C22H23NO3S. The van der Waals surface area contributed by atoms with E-state index < -0.39 is 12.1 Å². The second-order valence-electron chi connectivity index (χ2n) is 6.33. The summed E-state index contributed by atoms with van der Waals surface area (Å²) in [6.45, 7) is 3.05. The van der Waals surface area contributed by atoms with Crippen molar-refractivity contribution in [2.75, 3.05) is 13.2 Å². The molecule has 1 unspecified atom stereocenters. The summed E-state index contributed by atoms with van der Waals surface area (Å²) >= 11 is 1.69. The molecule has 140 valence electrons. The Morgan fingerprint density at radius 1 is 1.37 bits per heavy atom. The number of ether oxygens (including phenoxy) is 1. The molecule has 1 heterocycles. The van der Waals surface area contributed by atoms with Crippen LogP contribution < -0.4 is 4.72 Å². The first-order chi connectivity index (χ1) is 13.2. The number of nitrogens with one attached hydrogen (secondary N) is 1. The fraction of sp³-hybridized carbons (Fsp3) is 0.318. The molecule has 5 heteroatoms. The van der Waals surface area contributed by atoms with Crippen LogP contribution in [-0.4, -0.2) is 30.3 Å². The van der Waals surface area contributed by atoms with E-state index in [9.17, 15) is 9.90 Å². The number of fused-ring (bicyclic) bond motifs is 1. The van der Waals surface area contributed by atoms with Gasteiger partial charge in [0.15, 0.2) is 6.10 Å². The summed E-state index contributed by atoms with van der Waals surface area (Å²) in [6, 6.07) is 7.72. The molecular weight excluding hydrogens is 358 g/mol. The van der Waals surface area contributed by atoms with E-state index >= 15 is 0 Å². The van der Waals surface area contributed by atoms with Crippen LogP contribution in [0.4, 0.5) is 0 Å². The van der Waals surface area contributed by atoms with Crippen LogP contribution in [0.15, 0.2) is 58.5 Å². The third kappa shape index (κ3) is 5.36. The zero-order valence-corrected chi connectivity index (χ0v) is 16.1. The van der Waals surface area contributed by atoms with Crippen LogP contribution in [0.25, 0.3) is 0 Å². The van der Waals surface area contributed by atoms with Gasteiger partial charge in [-0.05, 0) is 60.2 Å². The summed E-state index contributed by atoms with van der Waals surface area (Å²) in [5.74, 6) is 5.56. The largest absolute Gasteiger partial charge is 0.479 e. The van der Waals surface area contributed by atoms with Crippen molar-refractivity contribution in [3.8, 4) is 11.8 Å². The zero-order chi connectivity index (χ0) is 19.1. The summed E-state index contributed by atoms with van der Waals surface area (Å²) in [5.41, 5.74) is 4.63. The first-order valence-corrected chi connectivity index (χ1v) is 9.89. The Labute approximate surface area is 164 Å². The van der Waals surface area contributed by atoms with Gasteiger partial charge in [-0.3, -0.25) is 4.72 Å². The van der Waals surface area contributed by atoms with Gasteiger partial charge in [0.1, 0.15) is 0 Å².